The van der Waals surface area contributed by atoms with Crippen LogP contribution in [0.2, 0.25) is 0 Å². The van der Waals surface area contributed by atoms with Crippen molar-refractivity contribution in [2.75, 3.05) is 32.1 Å². The number of nitrogens with one attached hydrogen (secondary N) is 2. The number of methoxy groups -OCH3 is 1. The molecule has 1 heterocycles. The van der Waals surface area contributed by atoms with Crippen molar-refractivity contribution in [3.05, 3.63) is 23.4 Å². The Labute approximate surface area is 121 Å². The van der Waals surface area contributed by atoms with Crippen LogP contribution in [-0.2, 0) is 11.2 Å². The molecule has 1 aromatic rings. The highest BCUT2D eigenvalue weighted by atomic mass is 16.5. The summed E-state index contributed by atoms with van der Waals surface area (Å²) in [7, 11) is 1.66. The van der Waals surface area contributed by atoms with E-state index in [2.05, 4.69) is 22.5 Å². The quantitative estimate of drug-likeness (QED) is 0.680. The number of carbonyl (C=O) groups excluding carboxylic acids is 1. The van der Waals surface area contributed by atoms with Crippen LogP contribution in [0.1, 0.15) is 42.7 Å². The fourth-order valence-corrected chi connectivity index (χ4v) is 1.76. The van der Waals surface area contributed by atoms with Crippen molar-refractivity contribution in [3.63, 3.8) is 0 Å². The van der Waals surface area contributed by atoms with Crippen LogP contribution in [0.4, 0.5) is 5.82 Å². The van der Waals surface area contributed by atoms with Crippen molar-refractivity contribution in [3.8, 4) is 0 Å². The smallest absolute Gasteiger partial charge is 0.251 e. The number of carbonyl (C=O) groups is 1. The van der Waals surface area contributed by atoms with Crippen LogP contribution in [0.15, 0.2) is 12.1 Å². The third-order valence-electron chi connectivity index (χ3n) is 2.87. The Balaban J connectivity index is 2.68. The molecule has 0 spiro atoms. The summed E-state index contributed by atoms with van der Waals surface area (Å²) in [5.41, 5.74) is 1.58. The SMILES string of the molecule is CCCNc1cc(C(=O)NCCCOC)cc(CC)n1. The van der Waals surface area contributed by atoms with Gasteiger partial charge in [-0.25, -0.2) is 4.98 Å². The molecule has 0 aliphatic carbocycles. The van der Waals surface area contributed by atoms with Crippen LogP contribution >= 0.6 is 0 Å². The predicted octanol–water partition coefficient (Wildman–Crippen LogP) is 2.23. The number of ether oxygens (including phenoxy) is 1. The van der Waals surface area contributed by atoms with Crippen molar-refractivity contribution < 1.29 is 9.53 Å². The van der Waals surface area contributed by atoms with Crippen molar-refractivity contribution in [2.24, 2.45) is 0 Å². The van der Waals surface area contributed by atoms with Gasteiger partial charge in [0.05, 0.1) is 0 Å². The predicted molar refractivity (Wildman–Crippen MR) is 81.2 cm³/mol. The van der Waals surface area contributed by atoms with E-state index in [1.807, 2.05) is 13.0 Å². The van der Waals surface area contributed by atoms with Gasteiger partial charge in [0.1, 0.15) is 5.82 Å². The topological polar surface area (TPSA) is 63.2 Å². The molecule has 0 fully saturated rings. The van der Waals surface area contributed by atoms with E-state index in [-0.39, 0.29) is 5.91 Å². The molecule has 0 aliphatic rings. The van der Waals surface area contributed by atoms with Crippen molar-refractivity contribution in [1.82, 2.24) is 10.3 Å². The van der Waals surface area contributed by atoms with E-state index in [4.69, 9.17) is 4.74 Å². The van der Waals surface area contributed by atoms with Gasteiger partial charge in [-0.1, -0.05) is 13.8 Å². The second kappa shape index (κ2) is 9.31. The molecule has 5 nitrogen and oxygen atoms in total. The average molecular weight is 279 g/mol. The van der Waals surface area contributed by atoms with Crippen LogP contribution in [0, 0.1) is 0 Å². The molecule has 0 aromatic carbocycles. The molecule has 1 aromatic heterocycles. The number of amides is 1. The third kappa shape index (κ3) is 5.57. The van der Waals surface area contributed by atoms with Gasteiger partial charge in [0.2, 0.25) is 0 Å². The lowest BCUT2D eigenvalue weighted by Gasteiger charge is -2.10. The second-order valence-electron chi connectivity index (χ2n) is 4.61. The molecule has 0 atom stereocenters. The highest BCUT2D eigenvalue weighted by Crippen LogP contribution is 2.11. The van der Waals surface area contributed by atoms with E-state index in [1.54, 1.807) is 13.2 Å². The van der Waals surface area contributed by atoms with Crippen molar-refractivity contribution in [1.29, 1.82) is 0 Å². The van der Waals surface area contributed by atoms with E-state index in [0.29, 0.717) is 18.7 Å². The van der Waals surface area contributed by atoms with E-state index in [9.17, 15) is 4.79 Å². The Morgan fingerprint density at radius 2 is 2.10 bits per heavy atom. The Morgan fingerprint density at radius 1 is 1.30 bits per heavy atom. The summed E-state index contributed by atoms with van der Waals surface area (Å²) >= 11 is 0. The van der Waals surface area contributed by atoms with Gasteiger partial charge in [0, 0.05) is 38.1 Å². The standard InChI is InChI=1S/C15H25N3O2/c1-4-7-16-14-11-12(10-13(5-2)18-14)15(19)17-8-6-9-20-3/h10-11H,4-9H2,1-3H3,(H,16,18)(H,17,19). The molecule has 0 aliphatic heterocycles. The molecule has 2 N–H and O–H groups in total. The average Bonchev–Trinajstić information content (AvgIpc) is 2.48. The molecule has 112 valence electrons. The lowest BCUT2D eigenvalue weighted by atomic mass is 10.1. The van der Waals surface area contributed by atoms with Gasteiger partial charge < -0.3 is 15.4 Å². The first kappa shape index (κ1) is 16.4. The summed E-state index contributed by atoms with van der Waals surface area (Å²) in [6.07, 6.45) is 2.65. The zero-order valence-corrected chi connectivity index (χ0v) is 12.7. The molecule has 0 radical (unpaired) electrons. The molecule has 0 bridgehead atoms. The van der Waals surface area contributed by atoms with Gasteiger partial charge in [0.25, 0.3) is 5.91 Å². The number of rotatable bonds is 9. The number of hydrogen-bond donors (Lipinski definition) is 2. The molecular weight excluding hydrogens is 254 g/mol. The Hall–Kier alpha value is -1.62. The minimum atomic E-state index is -0.0576. The third-order valence-corrected chi connectivity index (χ3v) is 2.87. The largest absolute Gasteiger partial charge is 0.385 e. The van der Waals surface area contributed by atoms with Gasteiger partial charge in [0.15, 0.2) is 0 Å². The van der Waals surface area contributed by atoms with Crippen LogP contribution in [0.3, 0.4) is 0 Å². The first-order valence-electron chi connectivity index (χ1n) is 7.23. The molecule has 20 heavy (non-hydrogen) atoms. The zero-order chi connectivity index (χ0) is 14.8. The highest BCUT2D eigenvalue weighted by Gasteiger charge is 2.08. The van der Waals surface area contributed by atoms with E-state index in [1.165, 1.54) is 0 Å². The summed E-state index contributed by atoms with van der Waals surface area (Å²) in [6, 6.07) is 3.66. The minimum Gasteiger partial charge on any atom is -0.385 e. The molecule has 1 amide bonds. The number of aryl methyl sites for hydroxylation is 1. The maximum Gasteiger partial charge on any atom is 0.251 e. The van der Waals surface area contributed by atoms with Crippen molar-refractivity contribution >= 4 is 11.7 Å². The normalized spacial score (nSPS) is 10.3. The summed E-state index contributed by atoms with van der Waals surface area (Å²) in [5.74, 6) is 0.714. The van der Waals surface area contributed by atoms with Gasteiger partial charge in [-0.3, -0.25) is 4.79 Å². The molecule has 5 heteroatoms. The maximum absolute atomic E-state index is 12.1. The first-order valence-corrected chi connectivity index (χ1v) is 7.23. The molecule has 0 saturated heterocycles. The first-order chi connectivity index (χ1) is 9.71. The van der Waals surface area contributed by atoms with Gasteiger partial charge in [-0.15, -0.1) is 0 Å². The molecule has 1 rings (SSSR count). The fourth-order valence-electron chi connectivity index (χ4n) is 1.76. The Bertz CT molecular complexity index is 422. The van der Waals surface area contributed by atoms with E-state index >= 15 is 0 Å². The highest BCUT2D eigenvalue weighted by molar-refractivity contribution is 5.95. The van der Waals surface area contributed by atoms with Gasteiger partial charge >= 0.3 is 0 Å². The molecular formula is C15H25N3O2. The number of aromatic nitrogens is 1. The fraction of sp³-hybridized carbons (Fsp3) is 0.600. The number of nitrogens with zero attached hydrogens (tertiary/aromatic N) is 1. The molecule has 0 unspecified atom stereocenters. The van der Waals surface area contributed by atoms with Crippen LogP contribution in [0.25, 0.3) is 0 Å². The summed E-state index contributed by atoms with van der Waals surface area (Å²) in [6.45, 7) is 6.26. The minimum absolute atomic E-state index is 0.0576. The van der Waals surface area contributed by atoms with Crippen LogP contribution in [-0.4, -0.2) is 37.7 Å². The number of anilines is 1. The summed E-state index contributed by atoms with van der Waals surface area (Å²) in [4.78, 5) is 16.6. The van der Waals surface area contributed by atoms with Crippen LogP contribution in [0.5, 0.6) is 0 Å². The number of pyridine rings is 1. The second-order valence-corrected chi connectivity index (χ2v) is 4.61. The number of hydrogen-bond acceptors (Lipinski definition) is 4. The lowest BCUT2D eigenvalue weighted by Crippen LogP contribution is -2.25. The van der Waals surface area contributed by atoms with E-state index < -0.39 is 0 Å². The lowest BCUT2D eigenvalue weighted by molar-refractivity contribution is 0.0948. The monoisotopic (exact) mass is 279 g/mol. The Kier molecular flexibility index (Phi) is 7.65. The van der Waals surface area contributed by atoms with Gasteiger partial charge in [-0.05, 0) is 31.4 Å². The van der Waals surface area contributed by atoms with Crippen LogP contribution < -0.4 is 10.6 Å². The summed E-state index contributed by atoms with van der Waals surface area (Å²) in [5, 5.41) is 6.12. The van der Waals surface area contributed by atoms with Gasteiger partial charge in [-0.2, -0.15) is 0 Å². The summed E-state index contributed by atoms with van der Waals surface area (Å²) < 4.78 is 4.96. The molecule has 0 saturated carbocycles. The van der Waals surface area contributed by atoms with Crippen molar-refractivity contribution in [2.45, 2.75) is 33.1 Å². The maximum atomic E-state index is 12.1. The van der Waals surface area contributed by atoms with E-state index in [0.717, 1.165) is 37.3 Å². The zero-order valence-electron chi connectivity index (χ0n) is 12.7. The Morgan fingerprint density at radius 3 is 2.75 bits per heavy atom.